The van der Waals surface area contributed by atoms with E-state index in [4.69, 9.17) is 5.26 Å². The van der Waals surface area contributed by atoms with Crippen LogP contribution < -0.4 is 0 Å². The van der Waals surface area contributed by atoms with Gasteiger partial charge in [0.1, 0.15) is 11.6 Å². The van der Waals surface area contributed by atoms with E-state index in [-0.39, 0.29) is 17.1 Å². The number of nitrogens with zero attached hydrogens (tertiary/aromatic N) is 5. The van der Waals surface area contributed by atoms with Gasteiger partial charge in [-0.15, -0.1) is 5.10 Å². The van der Waals surface area contributed by atoms with Gasteiger partial charge >= 0.3 is 0 Å². The second-order valence-electron chi connectivity index (χ2n) is 2.91. The molecule has 0 aromatic carbocycles. The maximum Gasteiger partial charge on any atom is 0.204 e. The Labute approximate surface area is 85.8 Å². The van der Waals surface area contributed by atoms with Crippen molar-refractivity contribution in [2.75, 3.05) is 14.1 Å². The number of nitriles is 1. The van der Waals surface area contributed by atoms with Gasteiger partial charge in [0.05, 0.1) is 6.34 Å². The van der Waals surface area contributed by atoms with E-state index in [1.54, 1.807) is 25.1 Å². The first-order chi connectivity index (χ1) is 7.10. The molecular weight excluding hydrogens is 198 g/mol. The van der Waals surface area contributed by atoms with Crippen LogP contribution in [0, 0.1) is 11.3 Å². The van der Waals surface area contributed by atoms with Crippen LogP contribution in [-0.2, 0) is 0 Å². The monoisotopic (exact) mass is 207 g/mol. The van der Waals surface area contributed by atoms with Gasteiger partial charge in [-0.2, -0.15) is 5.26 Å². The number of aliphatic imine (C=N–C) groups is 1. The molecule has 78 valence electrons. The minimum atomic E-state index is -0.154. The van der Waals surface area contributed by atoms with Gasteiger partial charge in [-0.1, -0.05) is 4.85 Å². The van der Waals surface area contributed by atoms with E-state index in [0.717, 1.165) is 0 Å². The number of hydrogen-bond donors (Lipinski definition) is 1. The van der Waals surface area contributed by atoms with Crippen LogP contribution in [0.15, 0.2) is 4.99 Å². The van der Waals surface area contributed by atoms with E-state index < -0.39 is 0 Å². The first kappa shape index (κ1) is 10.7. The second-order valence-corrected chi connectivity index (χ2v) is 2.91. The minimum absolute atomic E-state index is 0.0295. The first-order valence-electron chi connectivity index (χ1n) is 3.98. The molecule has 0 amide bonds. The molecule has 15 heavy (non-hydrogen) atoms. The first-order valence-corrected chi connectivity index (χ1v) is 3.98. The summed E-state index contributed by atoms with van der Waals surface area (Å²) in [4.78, 5) is 16.5. The predicted molar refractivity (Wildman–Crippen MR) is 51.4 cm³/mol. The Balaban J connectivity index is 3.23. The van der Waals surface area contributed by atoms with Crippen LogP contribution in [-0.4, -0.2) is 46.8 Å². The van der Waals surface area contributed by atoms with Crippen molar-refractivity contribution in [3.8, 4) is 6.07 Å². The fraction of sp³-hybridized carbons (Fsp3) is 0.250. The lowest BCUT2D eigenvalue weighted by atomic mass is 10.3. The fourth-order valence-electron chi connectivity index (χ4n) is 0.892. The molecule has 0 radical (unpaired) electrons. The van der Waals surface area contributed by atoms with E-state index in [1.165, 1.54) is 6.34 Å². The molecular formula is C8H9N5O2. The Bertz CT molecular complexity index is 441. The summed E-state index contributed by atoms with van der Waals surface area (Å²) < 4.78 is 0. The zero-order valence-corrected chi connectivity index (χ0v) is 8.25. The lowest BCUT2D eigenvalue weighted by molar-refractivity contribution is 0.112. The van der Waals surface area contributed by atoms with Crippen LogP contribution >= 0.6 is 0 Å². The molecule has 0 unspecified atom stereocenters. The van der Waals surface area contributed by atoms with Crippen molar-refractivity contribution in [2.45, 2.75) is 0 Å². The Morgan fingerprint density at radius 3 is 2.80 bits per heavy atom. The summed E-state index contributed by atoms with van der Waals surface area (Å²) in [6.45, 7) is 0. The van der Waals surface area contributed by atoms with Gasteiger partial charge in [-0.05, 0) is 0 Å². The summed E-state index contributed by atoms with van der Waals surface area (Å²) in [7, 11) is 3.46. The number of carbonyl (C=O) groups is 1. The summed E-state index contributed by atoms with van der Waals surface area (Å²) in [5.74, 6) is -0.0600. The van der Waals surface area contributed by atoms with Gasteiger partial charge in [0.25, 0.3) is 0 Å². The SMILES string of the molecule is CN(C)/C=N/c1c(C=O)c(C#N)nn1O. The van der Waals surface area contributed by atoms with Crippen molar-refractivity contribution >= 4 is 18.4 Å². The smallest absolute Gasteiger partial charge is 0.204 e. The molecule has 0 spiro atoms. The number of aromatic nitrogens is 2. The summed E-state index contributed by atoms with van der Waals surface area (Å²) in [5.41, 5.74) is -0.184. The van der Waals surface area contributed by atoms with E-state index in [9.17, 15) is 10.0 Å². The Morgan fingerprint density at radius 1 is 1.67 bits per heavy atom. The highest BCUT2D eigenvalue weighted by Gasteiger charge is 2.15. The zero-order valence-electron chi connectivity index (χ0n) is 8.25. The molecule has 0 aliphatic carbocycles. The molecule has 0 fully saturated rings. The average Bonchev–Trinajstić information content (AvgIpc) is 2.51. The minimum Gasteiger partial charge on any atom is -0.410 e. The molecule has 7 nitrogen and oxygen atoms in total. The Hall–Kier alpha value is -2.36. The molecule has 0 bridgehead atoms. The van der Waals surface area contributed by atoms with E-state index >= 15 is 0 Å². The Kier molecular flexibility index (Phi) is 3.03. The molecule has 1 N–H and O–H groups in total. The topological polar surface area (TPSA) is 94.5 Å². The van der Waals surface area contributed by atoms with Crippen molar-refractivity contribution in [3.63, 3.8) is 0 Å². The number of rotatable bonds is 3. The van der Waals surface area contributed by atoms with E-state index in [2.05, 4.69) is 10.1 Å². The summed E-state index contributed by atoms with van der Waals surface area (Å²) in [6.07, 6.45) is 1.82. The zero-order chi connectivity index (χ0) is 11.4. The Morgan fingerprint density at radius 2 is 2.33 bits per heavy atom. The van der Waals surface area contributed by atoms with Gasteiger partial charge in [0.2, 0.25) is 5.82 Å². The van der Waals surface area contributed by atoms with Crippen LogP contribution in [0.4, 0.5) is 5.82 Å². The van der Waals surface area contributed by atoms with Gasteiger partial charge in [0, 0.05) is 14.1 Å². The third kappa shape index (κ3) is 2.11. The molecule has 1 aromatic heterocycles. The highest BCUT2D eigenvalue weighted by molar-refractivity contribution is 5.85. The van der Waals surface area contributed by atoms with E-state index in [0.29, 0.717) is 11.1 Å². The second kappa shape index (κ2) is 4.23. The molecule has 1 heterocycles. The predicted octanol–water partition coefficient (Wildman–Crippen LogP) is 0.0260. The lowest BCUT2D eigenvalue weighted by Gasteiger charge is -2.01. The molecule has 0 atom stereocenters. The third-order valence-electron chi connectivity index (χ3n) is 1.51. The van der Waals surface area contributed by atoms with Gasteiger partial charge in [-0.25, -0.2) is 4.99 Å². The van der Waals surface area contributed by atoms with Crippen LogP contribution in [0.5, 0.6) is 0 Å². The molecule has 1 rings (SSSR count). The van der Waals surface area contributed by atoms with Crippen molar-refractivity contribution in [1.82, 2.24) is 14.8 Å². The van der Waals surface area contributed by atoms with Gasteiger partial charge < -0.3 is 10.1 Å². The third-order valence-corrected chi connectivity index (χ3v) is 1.51. The lowest BCUT2D eigenvalue weighted by Crippen LogP contribution is -2.07. The van der Waals surface area contributed by atoms with Crippen LogP contribution in [0.25, 0.3) is 0 Å². The molecule has 0 aliphatic rings. The normalized spacial score (nSPS) is 10.2. The maximum atomic E-state index is 10.7. The fourth-order valence-corrected chi connectivity index (χ4v) is 0.892. The van der Waals surface area contributed by atoms with Crippen LogP contribution in [0.1, 0.15) is 16.1 Å². The summed E-state index contributed by atoms with van der Waals surface area (Å²) >= 11 is 0. The van der Waals surface area contributed by atoms with Crippen molar-refractivity contribution in [1.29, 1.82) is 5.26 Å². The van der Waals surface area contributed by atoms with E-state index in [1.807, 2.05) is 0 Å². The number of hydrogen-bond acceptors (Lipinski definition) is 5. The number of aldehydes is 1. The van der Waals surface area contributed by atoms with Crippen molar-refractivity contribution < 1.29 is 10.0 Å². The highest BCUT2D eigenvalue weighted by atomic mass is 16.5. The van der Waals surface area contributed by atoms with Gasteiger partial charge in [-0.3, -0.25) is 4.79 Å². The summed E-state index contributed by atoms with van der Waals surface area (Å²) in [5, 5.41) is 21.3. The largest absolute Gasteiger partial charge is 0.410 e. The quantitative estimate of drug-likeness (QED) is 0.326. The maximum absolute atomic E-state index is 10.7. The van der Waals surface area contributed by atoms with Crippen LogP contribution in [0.3, 0.4) is 0 Å². The molecule has 7 heteroatoms. The van der Waals surface area contributed by atoms with Crippen molar-refractivity contribution in [3.05, 3.63) is 11.3 Å². The molecule has 1 aromatic rings. The number of carbonyl (C=O) groups excluding carboxylic acids is 1. The standard InChI is InChI=1S/C8H9N5O2/c1-12(2)5-10-8-6(4-14)7(3-9)11-13(8)15/h4-5,15H,1-2H3/b10-5+. The van der Waals surface area contributed by atoms with Gasteiger partial charge in [0.15, 0.2) is 12.0 Å². The summed E-state index contributed by atoms with van der Waals surface area (Å²) in [6, 6.07) is 1.68. The highest BCUT2D eigenvalue weighted by Crippen LogP contribution is 2.18. The molecule has 0 aliphatic heterocycles. The van der Waals surface area contributed by atoms with Crippen LogP contribution in [0.2, 0.25) is 0 Å². The van der Waals surface area contributed by atoms with Crippen molar-refractivity contribution in [2.24, 2.45) is 4.99 Å². The molecule has 0 saturated heterocycles. The average molecular weight is 207 g/mol. The molecule has 0 saturated carbocycles.